The summed E-state index contributed by atoms with van der Waals surface area (Å²) in [5.41, 5.74) is 5.10. The smallest absolute Gasteiger partial charge is 0.265 e. The van der Waals surface area contributed by atoms with Crippen molar-refractivity contribution >= 4 is 11.6 Å². The maximum atomic E-state index is 13.7. The lowest BCUT2D eigenvalue weighted by atomic mass is 10.1. The topological polar surface area (TPSA) is 73.4 Å². The maximum Gasteiger partial charge on any atom is 0.265 e. The number of carbonyl (C=O) groups excluding carboxylic acids is 1. The van der Waals surface area contributed by atoms with Gasteiger partial charge in [-0.25, -0.2) is 14.3 Å². The van der Waals surface area contributed by atoms with Crippen LogP contribution in [0.4, 0.5) is 14.5 Å². The van der Waals surface area contributed by atoms with Crippen molar-refractivity contribution in [1.29, 1.82) is 0 Å². The molecule has 0 unspecified atom stereocenters. The van der Waals surface area contributed by atoms with Gasteiger partial charge in [-0.3, -0.25) is 10.0 Å². The monoisotopic (exact) mass is 405 g/mol. The molecule has 29 heavy (non-hydrogen) atoms. The number of nitrogens with one attached hydrogen (secondary N) is 3. The van der Waals surface area contributed by atoms with Crippen molar-refractivity contribution in [1.82, 2.24) is 10.8 Å². The van der Waals surface area contributed by atoms with E-state index in [1.54, 1.807) is 38.4 Å². The molecule has 0 saturated heterocycles. The molecule has 1 atom stereocenters. The number of anilines is 1. The van der Waals surface area contributed by atoms with Crippen LogP contribution in [0.1, 0.15) is 41.5 Å². The molecule has 2 rings (SSSR count). The van der Waals surface area contributed by atoms with Crippen molar-refractivity contribution in [2.24, 2.45) is 0 Å². The van der Waals surface area contributed by atoms with Gasteiger partial charge in [0.2, 0.25) is 0 Å². The zero-order valence-electron chi connectivity index (χ0n) is 17.1. The molecule has 0 bridgehead atoms. The van der Waals surface area contributed by atoms with Gasteiger partial charge in [-0.2, -0.15) is 0 Å². The number of hydrogen-bond donors (Lipinski definition) is 4. The molecule has 0 heterocycles. The predicted octanol–water partition coefficient (Wildman–Crippen LogP) is 4.14. The van der Waals surface area contributed by atoms with Crippen molar-refractivity contribution in [3.8, 4) is 0 Å². The second-order valence-electron chi connectivity index (χ2n) is 7.35. The SMILES string of the molecule is Cc1cc(N[C@H](CCCCNCc2cc(C)c(F)c(C)c2)C(=O)NO)ccc1F. The lowest BCUT2D eigenvalue weighted by Crippen LogP contribution is -2.38. The summed E-state index contributed by atoms with van der Waals surface area (Å²) in [5, 5.41) is 15.3. The third-order valence-electron chi connectivity index (χ3n) is 4.85. The number of hydrogen-bond acceptors (Lipinski definition) is 4. The average molecular weight is 405 g/mol. The van der Waals surface area contributed by atoms with Gasteiger partial charge < -0.3 is 10.6 Å². The van der Waals surface area contributed by atoms with Gasteiger partial charge in [0.15, 0.2) is 0 Å². The minimum atomic E-state index is -0.618. The minimum Gasteiger partial charge on any atom is -0.374 e. The Hall–Kier alpha value is -2.51. The number of unbranched alkanes of at least 4 members (excludes halogenated alkanes) is 1. The minimum absolute atomic E-state index is 0.161. The molecule has 158 valence electrons. The Kier molecular flexibility index (Phi) is 8.54. The van der Waals surface area contributed by atoms with Gasteiger partial charge in [0.05, 0.1) is 0 Å². The molecule has 5 nitrogen and oxygen atoms in total. The van der Waals surface area contributed by atoms with E-state index in [1.165, 1.54) is 6.07 Å². The van der Waals surface area contributed by atoms with Crippen LogP contribution in [0.5, 0.6) is 0 Å². The second-order valence-corrected chi connectivity index (χ2v) is 7.35. The molecule has 0 aliphatic heterocycles. The third-order valence-corrected chi connectivity index (χ3v) is 4.85. The molecule has 0 spiro atoms. The molecule has 0 saturated carbocycles. The summed E-state index contributed by atoms with van der Waals surface area (Å²) in [4.78, 5) is 11.9. The Morgan fingerprint density at radius 2 is 1.72 bits per heavy atom. The lowest BCUT2D eigenvalue weighted by molar-refractivity contribution is -0.130. The standard InChI is InChI=1S/C22H29F2N3O2/c1-14-12-18(7-8-19(14)23)26-20(22(28)27-29)6-4-5-9-25-13-17-10-15(2)21(24)16(3)11-17/h7-8,10-12,20,25-26,29H,4-6,9,13H2,1-3H3,(H,27,28)/t20-/m1/s1. The first-order chi connectivity index (χ1) is 13.8. The van der Waals surface area contributed by atoms with E-state index in [4.69, 9.17) is 5.21 Å². The zero-order valence-corrected chi connectivity index (χ0v) is 17.1. The Morgan fingerprint density at radius 1 is 1.03 bits per heavy atom. The summed E-state index contributed by atoms with van der Waals surface area (Å²) < 4.78 is 27.1. The fourth-order valence-corrected chi connectivity index (χ4v) is 3.25. The Balaban J connectivity index is 1.78. The number of halogens is 2. The van der Waals surface area contributed by atoms with Gasteiger partial charge in [0.25, 0.3) is 5.91 Å². The van der Waals surface area contributed by atoms with Crippen LogP contribution in [0.2, 0.25) is 0 Å². The molecular formula is C22H29F2N3O2. The predicted molar refractivity (Wildman–Crippen MR) is 110 cm³/mol. The zero-order chi connectivity index (χ0) is 21.4. The summed E-state index contributed by atoms with van der Waals surface area (Å²) >= 11 is 0. The van der Waals surface area contributed by atoms with Crippen molar-refractivity contribution in [2.75, 3.05) is 11.9 Å². The summed E-state index contributed by atoms with van der Waals surface area (Å²) in [6, 6.07) is 7.59. The summed E-state index contributed by atoms with van der Waals surface area (Å²) in [7, 11) is 0. The highest BCUT2D eigenvalue weighted by Crippen LogP contribution is 2.17. The first kappa shape index (κ1) is 22.8. The first-order valence-electron chi connectivity index (χ1n) is 9.74. The fourth-order valence-electron chi connectivity index (χ4n) is 3.25. The lowest BCUT2D eigenvalue weighted by Gasteiger charge is -2.18. The van der Waals surface area contributed by atoms with Crippen LogP contribution in [-0.2, 0) is 11.3 Å². The molecule has 7 heteroatoms. The molecule has 0 aliphatic rings. The number of hydroxylamine groups is 1. The van der Waals surface area contributed by atoms with Crippen LogP contribution in [0, 0.1) is 32.4 Å². The maximum absolute atomic E-state index is 13.7. The van der Waals surface area contributed by atoms with E-state index in [2.05, 4.69) is 10.6 Å². The van der Waals surface area contributed by atoms with Gasteiger partial charge in [0, 0.05) is 12.2 Å². The van der Waals surface area contributed by atoms with Crippen LogP contribution < -0.4 is 16.1 Å². The highest BCUT2D eigenvalue weighted by Gasteiger charge is 2.17. The van der Waals surface area contributed by atoms with Crippen molar-refractivity contribution in [3.63, 3.8) is 0 Å². The van der Waals surface area contributed by atoms with Gasteiger partial charge >= 0.3 is 0 Å². The van der Waals surface area contributed by atoms with E-state index in [9.17, 15) is 13.6 Å². The summed E-state index contributed by atoms with van der Waals surface area (Å²) in [5.74, 6) is -1.00. The van der Waals surface area contributed by atoms with E-state index in [0.717, 1.165) is 24.9 Å². The molecule has 0 aliphatic carbocycles. The molecule has 4 N–H and O–H groups in total. The van der Waals surface area contributed by atoms with Crippen LogP contribution in [0.3, 0.4) is 0 Å². The Bertz CT molecular complexity index is 820. The normalized spacial score (nSPS) is 11.9. The van der Waals surface area contributed by atoms with E-state index < -0.39 is 11.9 Å². The van der Waals surface area contributed by atoms with Crippen LogP contribution in [0.15, 0.2) is 30.3 Å². The molecule has 2 aromatic rings. The molecule has 0 radical (unpaired) electrons. The highest BCUT2D eigenvalue weighted by atomic mass is 19.1. The number of aryl methyl sites for hydroxylation is 3. The second kappa shape index (κ2) is 10.9. The van der Waals surface area contributed by atoms with Crippen LogP contribution in [-0.4, -0.2) is 23.7 Å². The van der Waals surface area contributed by atoms with E-state index in [-0.39, 0.29) is 11.6 Å². The van der Waals surface area contributed by atoms with E-state index >= 15 is 0 Å². The first-order valence-corrected chi connectivity index (χ1v) is 9.74. The number of rotatable bonds is 10. The van der Waals surface area contributed by atoms with E-state index in [0.29, 0.717) is 35.3 Å². The van der Waals surface area contributed by atoms with Gasteiger partial charge in [-0.05, 0) is 87.0 Å². The van der Waals surface area contributed by atoms with Crippen molar-refractivity contribution in [2.45, 2.75) is 52.6 Å². The summed E-state index contributed by atoms with van der Waals surface area (Å²) in [6.07, 6.45) is 2.09. The highest BCUT2D eigenvalue weighted by molar-refractivity contribution is 5.83. The van der Waals surface area contributed by atoms with Gasteiger partial charge in [0.1, 0.15) is 17.7 Å². The van der Waals surface area contributed by atoms with Gasteiger partial charge in [-0.15, -0.1) is 0 Å². The molecule has 2 aromatic carbocycles. The number of benzene rings is 2. The molecule has 1 amide bonds. The average Bonchev–Trinajstić information content (AvgIpc) is 2.69. The molecular weight excluding hydrogens is 376 g/mol. The fraction of sp³-hybridized carbons (Fsp3) is 0.409. The quantitative estimate of drug-likeness (QED) is 0.272. The molecule has 0 fully saturated rings. The van der Waals surface area contributed by atoms with Crippen LogP contribution in [0.25, 0.3) is 0 Å². The Morgan fingerprint density at radius 3 is 2.34 bits per heavy atom. The number of amides is 1. The largest absolute Gasteiger partial charge is 0.374 e. The Labute approximate surface area is 170 Å². The summed E-state index contributed by atoms with van der Waals surface area (Å²) in [6.45, 7) is 6.56. The van der Waals surface area contributed by atoms with Gasteiger partial charge in [-0.1, -0.05) is 12.1 Å². The molecule has 0 aromatic heterocycles. The van der Waals surface area contributed by atoms with E-state index in [1.807, 2.05) is 12.1 Å². The number of carbonyl (C=O) groups is 1. The third kappa shape index (κ3) is 6.80. The van der Waals surface area contributed by atoms with Crippen LogP contribution >= 0.6 is 0 Å². The van der Waals surface area contributed by atoms with Crippen molar-refractivity contribution in [3.05, 3.63) is 64.2 Å². The van der Waals surface area contributed by atoms with Crippen molar-refractivity contribution < 1.29 is 18.8 Å².